The Kier molecular flexibility index (Phi) is 10.3. The fraction of sp³-hybridized carbons (Fsp3) is 0.400. The van der Waals surface area contributed by atoms with Gasteiger partial charge < -0.3 is 13.8 Å². The maximum atomic E-state index is 13.6. The molecule has 0 radical (unpaired) electrons. The van der Waals surface area contributed by atoms with Crippen LogP contribution in [0.25, 0.3) is 0 Å². The smallest absolute Gasteiger partial charge is 0.390 e. The van der Waals surface area contributed by atoms with Crippen molar-refractivity contribution in [1.82, 2.24) is 0 Å². The summed E-state index contributed by atoms with van der Waals surface area (Å²) in [7, 11) is -5.95. The Morgan fingerprint density at radius 3 is 1.38 bits per heavy atom. The predicted molar refractivity (Wildman–Crippen MR) is 175 cm³/mol. The van der Waals surface area contributed by atoms with Gasteiger partial charge >= 0.3 is 10.1 Å². The molecule has 3 rings (SSSR count). The van der Waals surface area contributed by atoms with Crippen LogP contribution in [0.3, 0.4) is 0 Å². The molecule has 0 aliphatic rings. The quantitative estimate of drug-likeness (QED) is 0.109. The lowest BCUT2D eigenvalue weighted by Crippen LogP contribution is -2.29. The summed E-state index contributed by atoms with van der Waals surface area (Å²) in [6.45, 7) is 14.8. The minimum atomic E-state index is -3.75. The highest BCUT2D eigenvalue weighted by atomic mass is 32.3. The summed E-state index contributed by atoms with van der Waals surface area (Å²) in [6, 6.07) is 23.8. The van der Waals surface area contributed by atoms with E-state index in [0.29, 0.717) is 6.42 Å². The number of unbranched alkanes of at least 4 members (excludes halogenated alkanes) is 1. The first-order valence-corrected chi connectivity index (χ1v) is 23.7. The van der Waals surface area contributed by atoms with E-state index in [2.05, 4.69) is 39.3 Å². The summed E-state index contributed by atoms with van der Waals surface area (Å²) >= 11 is 0. The zero-order chi connectivity index (χ0) is 29.8. The Morgan fingerprint density at radius 1 is 0.675 bits per heavy atom. The molecule has 0 amide bonds. The van der Waals surface area contributed by atoms with Crippen molar-refractivity contribution in [3.63, 3.8) is 0 Å². The van der Waals surface area contributed by atoms with Crippen molar-refractivity contribution in [2.45, 2.75) is 73.7 Å². The zero-order valence-electron chi connectivity index (χ0n) is 25.4. The third kappa shape index (κ3) is 8.63. The van der Waals surface area contributed by atoms with Gasteiger partial charge in [-0.3, -0.25) is 3.63 Å². The van der Waals surface area contributed by atoms with Gasteiger partial charge in [-0.1, -0.05) is 13.3 Å². The van der Waals surface area contributed by atoms with Crippen LogP contribution in [0, 0.1) is 0 Å². The van der Waals surface area contributed by atoms with Crippen LogP contribution < -0.4 is 13.8 Å². The second kappa shape index (κ2) is 12.7. The van der Waals surface area contributed by atoms with Gasteiger partial charge in [-0.25, -0.2) is 0 Å². The summed E-state index contributed by atoms with van der Waals surface area (Å²) in [5.41, 5.74) is 1.03. The standard InChI is InChI=1S/C30H45NO5S2Si2/c1-10-11-24-37(32,33)36-38(28-18-12-25(13-19-28)31(2)3,29-20-14-26(15-21-29)34-39(4,5)6)30-22-16-27(17-23-30)35-40(7,8)9/h12-23H,10-11,24H2,1-9H3/p+1. The topological polar surface area (TPSA) is 68.6 Å². The van der Waals surface area contributed by atoms with Crippen molar-refractivity contribution in [3.05, 3.63) is 72.8 Å². The molecule has 0 aliphatic heterocycles. The van der Waals surface area contributed by atoms with E-state index in [9.17, 15) is 8.42 Å². The van der Waals surface area contributed by atoms with E-state index in [1.165, 1.54) is 0 Å². The molecule has 0 saturated heterocycles. The lowest BCUT2D eigenvalue weighted by Gasteiger charge is -2.35. The first-order chi connectivity index (χ1) is 18.5. The fourth-order valence-electron chi connectivity index (χ4n) is 4.13. The molecule has 0 saturated carbocycles. The van der Waals surface area contributed by atoms with E-state index in [-0.39, 0.29) is 5.75 Å². The average molecular weight is 621 g/mol. The van der Waals surface area contributed by atoms with Crippen LogP contribution in [0.15, 0.2) is 87.5 Å². The number of hydrogen-bond acceptors (Lipinski definition) is 5. The van der Waals surface area contributed by atoms with Gasteiger partial charge in [0.05, 0.1) is 25.0 Å². The molecule has 0 unspecified atom stereocenters. The van der Waals surface area contributed by atoms with Crippen molar-refractivity contribution < 1.29 is 20.9 Å². The summed E-state index contributed by atoms with van der Waals surface area (Å²) in [4.78, 5) is 4.57. The molecule has 0 aliphatic carbocycles. The first kappa shape index (κ1) is 32.3. The van der Waals surface area contributed by atoms with Crippen LogP contribution in [0.2, 0.25) is 39.3 Å². The Bertz CT molecular complexity index is 1290. The molecule has 3 aromatic carbocycles. The third-order valence-corrected chi connectivity index (χ3v) is 13.0. The van der Waals surface area contributed by atoms with Crippen molar-refractivity contribution in [2.75, 3.05) is 24.7 Å². The molecular formula is C30H46NO5S2Si2+. The van der Waals surface area contributed by atoms with Gasteiger partial charge in [0.25, 0.3) is 0 Å². The van der Waals surface area contributed by atoms with E-state index in [0.717, 1.165) is 38.3 Å². The molecule has 0 aromatic heterocycles. The van der Waals surface area contributed by atoms with Gasteiger partial charge in [0, 0.05) is 19.8 Å². The van der Waals surface area contributed by atoms with Crippen molar-refractivity contribution >= 4 is 42.7 Å². The molecule has 220 valence electrons. The lowest BCUT2D eigenvalue weighted by molar-refractivity contribution is 0.386. The Balaban J connectivity index is 2.28. The molecule has 0 heterocycles. The van der Waals surface area contributed by atoms with Crippen molar-refractivity contribution in [2.24, 2.45) is 0 Å². The van der Waals surface area contributed by atoms with Gasteiger partial charge in [-0.2, -0.15) is 8.42 Å². The predicted octanol–water partition coefficient (Wildman–Crippen LogP) is 8.60. The first-order valence-electron chi connectivity index (χ1n) is 13.7. The second-order valence-corrected chi connectivity index (χ2v) is 25.7. The van der Waals surface area contributed by atoms with Crippen LogP contribution in [0.4, 0.5) is 5.69 Å². The van der Waals surface area contributed by atoms with E-state index in [4.69, 9.17) is 12.5 Å². The minimum absolute atomic E-state index is 0.0155. The maximum absolute atomic E-state index is 13.6. The molecule has 6 nitrogen and oxygen atoms in total. The van der Waals surface area contributed by atoms with Gasteiger partial charge in [0.1, 0.15) is 17.3 Å². The summed E-state index contributed by atoms with van der Waals surface area (Å²) < 4.78 is 44.5. The largest absolute Gasteiger partial charge is 0.544 e. The van der Waals surface area contributed by atoms with Gasteiger partial charge in [0.15, 0.2) is 0 Å². The number of anilines is 1. The molecule has 0 spiro atoms. The van der Waals surface area contributed by atoms with Gasteiger partial charge in [-0.05, 0) is 118 Å². The third-order valence-electron chi connectivity index (χ3n) is 5.85. The Hall–Kier alpha value is -2.25. The molecule has 0 fully saturated rings. The summed E-state index contributed by atoms with van der Waals surface area (Å²) in [5, 5.41) is 0. The Morgan fingerprint density at radius 2 is 1.05 bits per heavy atom. The van der Waals surface area contributed by atoms with Crippen LogP contribution in [-0.2, 0) is 10.1 Å². The molecule has 10 heteroatoms. The number of nitrogens with zero attached hydrogens (tertiary/aromatic N) is 1. The van der Waals surface area contributed by atoms with Gasteiger partial charge in [-0.15, -0.1) is 0 Å². The van der Waals surface area contributed by atoms with E-state index < -0.39 is 37.1 Å². The highest BCUT2D eigenvalue weighted by molar-refractivity contribution is 8.32. The minimum Gasteiger partial charge on any atom is -0.544 e. The second-order valence-electron chi connectivity index (χ2n) is 12.1. The van der Waals surface area contributed by atoms with E-state index in [1.807, 2.05) is 98.7 Å². The molecular weight excluding hydrogens is 575 g/mol. The summed E-state index contributed by atoms with van der Waals surface area (Å²) in [6.07, 6.45) is 1.34. The van der Waals surface area contributed by atoms with Crippen LogP contribution in [0.1, 0.15) is 19.8 Å². The fourth-order valence-corrected chi connectivity index (χ4v) is 11.6. The van der Waals surface area contributed by atoms with Crippen molar-refractivity contribution in [1.29, 1.82) is 0 Å². The monoisotopic (exact) mass is 620 g/mol. The number of rotatable bonds is 13. The van der Waals surface area contributed by atoms with Crippen LogP contribution in [-0.4, -0.2) is 48.5 Å². The molecule has 3 aromatic rings. The average Bonchev–Trinajstić information content (AvgIpc) is 2.85. The highest BCUT2D eigenvalue weighted by Crippen LogP contribution is 2.68. The zero-order valence-corrected chi connectivity index (χ0v) is 29.0. The van der Waals surface area contributed by atoms with E-state index >= 15 is 0 Å². The highest BCUT2D eigenvalue weighted by Gasteiger charge is 2.43. The van der Waals surface area contributed by atoms with Gasteiger partial charge in [0.2, 0.25) is 16.6 Å². The normalized spacial score (nSPS) is 13.1. The van der Waals surface area contributed by atoms with Crippen molar-refractivity contribution in [3.8, 4) is 11.5 Å². The summed E-state index contributed by atoms with van der Waals surface area (Å²) in [5.74, 6) is 1.58. The maximum Gasteiger partial charge on any atom is 0.390 e. The van der Waals surface area contributed by atoms with Crippen LogP contribution >= 0.6 is 10.3 Å². The molecule has 0 bridgehead atoms. The molecule has 1 N–H and O–H groups in total. The molecule has 40 heavy (non-hydrogen) atoms. The molecule has 0 atom stereocenters. The SMILES string of the molecule is CCCCS(=O)(=O)[OH+]S(c1ccc(O[Si](C)(C)C)cc1)(c1ccc(O[Si](C)(C)C)cc1)c1ccc(N(C)C)cc1. The number of hydrogen-bond donors (Lipinski definition) is 0. The number of benzene rings is 3. The van der Waals surface area contributed by atoms with Crippen LogP contribution in [0.5, 0.6) is 11.5 Å². The Labute approximate surface area is 245 Å². The van der Waals surface area contributed by atoms with E-state index in [1.54, 1.807) is 0 Å². The lowest BCUT2D eigenvalue weighted by atomic mass is 10.3.